The van der Waals surface area contributed by atoms with Crippen LogP contribution in [-0.2, 0) is 6.54 Å². The van der Waals surface area contributed by atoms with Crippen LogP contribution in [0.1, 0.15) is 5.82 Å². The van der Waals surface area contributed by atoms with E-state index in [1.807, 2.05) is 17.7 Å². The lowest BCUT2D eigenvalue weighted by Crippen LogP contribution is -2.02. The highest BCUT2D eigenvalue weighted by Gasteiger charge is 2.08. The number of hydrogen-bond donors (Lipinski definition) is 1. The lowest BCUT2D eigenvalue weighted by atomic mass is 10.1. The Kier molecular flexibility index (Phi) is 3.38. The summed E-state index contributed by atoms with van der Waals surface area (Å²) in [6.07, 6.45) is 1.83. The van der Waals surface area contributed by atoms with Crippen LogP contribution in [0.2, 0.25) is 0 Å². The zero-order chi connectivity index (χ0) is 13.1. The van der Waals surface area contributed by atoms with Crippen molar-refractivity contribution in [2.45, 2.75) is 13.5 Å². The Morgan fingerprint density at radius 3 is 2.61 bits per heavy atom. The van der Waals surface area contributed by atoms with E-state index in [-0.39, 0.29) is 12.3 Å². The van der Waals surface area contributed by atoms with Gasteiger partial charge in [-0.15, -0.1) is 0 Å². The molecule has 0 atom stereocenters. The SMILES string of the molecule is Cc1nc(-c2ccc([N+](=O)[O-])cc2)cn1CCO. The molecule has 94 valence electrons. The molecule has 0 aliphatic rings. The number of aliphatic hydroxyl groups excluding tert-OH is 1. The summed E-state index contributed by atoms with van der Waals surface area (Å²) in [5.74, 6) is 0.803. The number of nitrogens with zero attached hydrogens (tertiary/aromatic N) is 3. The zero-order valence-electron chi connectivity index (χ0n) is 9.91. The second-order valence-corrected chi connectivity index (χ2v) is 3.89. The smallest absolute Gasteiger partial charge is 0.269 e. The van der Waals surface area contributed by atoms with Crippen molar-refractivity contribution < 1.29 is 10.0 Å². The maximum absolute atomic E-state index is 10.6. The monoisotopic (exact) mass is 247 g/mol. The maximum atomic E-state index is 10.6. The third-order valence-electron chi connectivity index (χ3n) is 2.69. The molecular formula is C12H13N3O3. The number of nitro groups is 1. The fourth-order valence-corrected chi connectivity index (χ4v) is 1.74. The highest BCUT2D eigenvalue weighted by atomic mass is 16.6. The average molecular weight is 247 g/mol. The first-order valence-electron chi connectivity index (χ1n) is 5.51. The van der Waals surface area contributed by atoms with E-state index in [4.69, 9.17) is 5.11 Å². The summed E-state index contributed by atoms with van der Waals surface area (Å²) >= 11 is 0. The van der Waals surface area contributed by atoms with Gasteiger partial charge in [-0.1, -0.05) is 0 Å². The molecule has 0 fully saturated rings. The average Bonchev–Trinajstić information content (AvgIpc) is 2.72. The summed E-state index contributed by atoms with van der Waals surface area (Å²) in [7, 11) is 0. The van der Waals surface area contributed by atoms with Crippen molar-refractivity contribution in [2.24, 2.45) is 0 Å². The zero-order valence-corrected chi connectivity index (χ0v) is 9.91. The van der Waals surface area contributed by atoms with Crippen LogP contribution in [0.25, 0.3) is 11.3 Å². The van der Waals surface area contributed by atoms with Gasteiger partial charge < -0.3 is 9.67 Å². The first-order valence-corrected chi connectivity index (χ1v) is 5.51. The van der Waals surface area contributed by atoms with Crippen LogP contribution in [0.4, 0.5) is 5.69 Å². The Morgan fingerprint density at radius 2 is 2.06 bits per heavy atom. The number of imidazole rings is 1. The van der Waals surface area contributed by atoms with E-state index in [9.17, 15) is 10.1 Å². The second-order valence-electron chi connectivity index (χ2n) is 3.89. The Morgan fingerprint density at radius 1 is 1.39 bits per heavy atom. The van der Waals surface area contributed by atoms with Crippen molar-refractivity contribution in [1.82, 2.24) is 9.55 Å². The normalized spacial score (nSPS) is 10.6. The fraction of sp³-hybridized carbons (Fsp3) is 0.250. The molecule has 1 heterocycles. The predicted molar refractivity (Wildman–Crippen MR) is 66.1 cm³/mol. The number of nitro benzene ring substituents is 1. The van der Waals surface area contributed by atoms with E-state index >= 15 is 0 Å². The molecule has 0 unspecified atom stereocenters. The van der Waals surface area contributed by atoms with E-state index in [0.717, 1.165) is 17.1 Å². The summed E-state index contributed by atoms with van der Waals surface area (Å²) in [6, 6.07) is 6.25. The molecule has 0 saturated carbocycles. The molecule has 1 aromatic heterocycles. The van der Waals surface area contributed by atoms with Gasteiger partial charge in [-0.25, -0.2) is 4.98 Å². The number of aliphatic hydroxyl groups is 1. The standard InChI is InChI=1S/C12H13N3O3/c1-9-13-12(8-14(9)6-7-16)10-2-4-11(5-3-10)15(17)18/h2-5,8,16H,6-7H2,1H3. The van der Waals surface area contributed by atoms with Crippen molar-refractivity contribution in [3.05, 3.63) is 46.4 Å². The summed E-state index contributed by atoms with van der Waals surface area (Å²) in [6.45, 7) is 2.40. The van der Waals surface area contributed by atoms with Crippen LogP contribution in [0.3, 0.4) is 0 Å². The van der Waals surface area contributed by atoms with Crippen molar-refractivity contribution in [2.75, 3.05) is 6.61 Å². The van der Waals surface area contributed by atoms with Crippen LogP contribution < -0.4 is 0 Å². The largest absolute Gasteiger partial charge is 0.395 e. The summed E-state index contributed by atoms with van der Waals surface area (Å²) in [5.41, 5.74) is 1.63. The number of hydrogen-bond acceptors (Lipinski definition) is 4. The van der Waals surface area contributed by atoms with Gasteiger partial charge in [-0.2, -0.15) is 0 Å². The van der Waals surface area contributed by atoms with Crippen molar-refractivity contribution in [3.63, 3.8) is 0 Å². The van der Waals surface area contributed by atoms with Gasteiger partial charge in [-0.3, -0.25) is 10.1 Å². The van der Waals surface area contributed by atoms with Gasteiger partial charge in [0.1, 0.15) is 5.82 Å². The van der Waals surface area contributed by atoms with E-state index in [1.165, 1.54) is 12.1 Å². The van der Waals surface area contributed by atoms with E-state index in [1.54, 1.807) is 12.1 Å². The van der Waals surface area contributed by atoms with Gasteiger partial charge in [0.15, 0.2) is 0 Å². The quantitative estimate of drug-likeness (QED) is 0.659. The molecule has 0 bridgehead atoms. The molecule has 0 aliphatic heterocycles. The topological polar surface area (TPSA) is 81.2 Å². The molecule has 0 spiro atoms. The summed E-state index contributed by atoms with van der Waals surface area (Å²) < 4.78 is 1.84. The molecule has 0 saturated heterocycles. The first kappa shape index (κ1) is 12.3. The summed E-state index contributed by atoms with van der Waals surface area (Å²) in [5, 5.41) is 19.4. The maximum Gasteiger partial charge on any atom is 0.269 e. The minimum absolute atomic E-state index is 0.0525. The van der Waals surface area contributed by atoms with Gasteiger partial charge in [-0.05, 0) is 19.1 Å². The van der Waals surface area contributed by atoms with Gasteiger partial charge in [0.25, 0.3) is 5.69 Å². The third kappa shape index (κ3) is 2.38. The predicted octanol–water partition coefficient (Wildman–Crippen LogP) is 1.76. The van der Waals surface area contributed by atoms with Gasteiger partial charge in [0.05, 0.1) is 17.2 Å². The van der Waals surface area contributed by atoms with Gasteiger partial charge in [0, 0.05) is 30.4 Å². The lowest BCUT2D eigenvalue weighted by Gasteiger charge is -1.99. The Bertz CT molecular complexity index is 560. The number of non-ortho nitro benzene ring substituents is 1. The van der Waals surface area contributed by atoms with Crippen LogP contribution >= 0.6 is 0 Å². The Balaban J connectivity index is 2.31. The second kappa shape index (κ2) is 4.97. The molecule has 6 heteroatoms. The van der Waals surface area contributed by atoms with Crippen LogP contribution in [0.5, 0.6) is 0 Å². The lowest BCUT2D eigenvalue weighted by molar-refractivity contribution is -0.384. The van der Waals surface area contributed by atoms with Crippen molar-refractivity contribution >= 4 is 5.69 Å². The Labute approximate surface area is 104 Å². The molecule has 6 nitrogen and oxygen atoms in total. The van der Waals surface area contributed by atoms with Crippen LogP contribution in [-0.4, -0.2) is 26.2 Å². The minimum Gasteiger partial charge on any atom is -0.395 e. The van der Waals surface area contributed by atoms with E-state index < -0.39 is 4.92 Å². The van der Waals surface area contributed by atoms with Crippen LogP contribution in [0.15, 0.2) is 30.5 Å². The molecule has 1 N–H and O–H groups in total. The molecule has 0 radical (unpaired) electrons. The molecule has 2 rings (SSSR count). The summed E-state index contributed by atoms with van der Waals surface area (Å²) in [4.78, 5) is 14.5. The minimum atomic E-state index is -0.431. The molecule has 0 aliphatic carbocycles. The molecule has 2 aromatic rings. The van der Waals surface area contributed by atoms with Gasteiger partial charge >= 0.3 is 0 Å². The van der Waals surface area contributed by atoms with Crippen molar-refractivity contribution in [3.8, 4) is 11.3 Å². The highest BCUT2D eigenvalue weighted by molar-refractivity contribution is 5.60. The van der Waals surface area contributed by atoms with E-state index in [0.29, 0.717) is 6.54 Å². The third-order valence-corrected chi connectivity index (χ3v) is 2.69. The molecule has 0 amide bonds. The molecular weight excluding hydrogens is 234 g/mol. The number of rotatable bonds is 4. The Hall–Kier alpha value is -2.21. The van der Waals surface area contributed by atoms with Crippen LogP contribution in [0, 0.1) is 17.0 Å². The molecule has 1 aromatic carbocycles. The molecule has 18 heavy (non-hydrogen) atoms. The number of aromatic nitrogens is 2. The fourth-order valence-electron chi connectivity index (χ4n) is 1.74. The number of benzene rings is 1. The number of aryl methyl sites for hydroxylation is 1. The highest BCUT2D eigenvalue weighted by Crippen LogP contribution is 2.21. The van der Waals surface area contributed by atoms with Gasteiger partial charge in [0.2, 0.25) is 0 Å². The van der Waals surface area contributed by atoms with E-state index in [2.05, 4.69) is 4.98 Å². The first-order chi connectivity index (χ1) is 8.61. The van der Waals surface area contributed by atoms with Crippen molar-refractivity contribution in [1.29, 1.82) is 0 Å².